The Kier molecular flexibility index (Phi) is 5.69. The van der Waals surface area contributed by atoms with E-state index in [0.717, 1.165) is 22.6 Å². The highest BCUT2D eigenvalue weighted by atomic mass is 16.2. The van der Waals surface area contributed by atoms with Crippen molar-refractivity contribution >= 4 is 23.6 Å². The maximum atomic E-state index is 12.3. The van der Waals surface area contributed by atoms with E-state index in [2.05, 4.69) is 15.7 Å². The van der Waals surface area contributed by atoms with Gasteiger partial charge in [-0.25, -0.2) is 4.68 Å². The fraction of sp³-hybridized carbons (Fsp3) is 0.136. The number of carbonyl (C=O) groups is 2. The fourth-order valence-corrected chi connectivity index (χ4v) is 2.94. The van der Waals surface area contributed by atoms with Crippen molar-refractivity contribution in [1.29, 1.82) is 0 Å². The van der Waals surface area contributed by atoms with Crippen LogP contribution in [0.2, 0.25) is 0 Å². The van der Waals surface area contributed by atoms with Crippen LogP contribution in [0.3, 0.4) is 0 Å². The van der Waals surface area contributed by atoms with Gasteiger partial charge in [-0.2, -0.15) is 5.10 Å². The Bertz CT molecular complexity index is 1040. The number of rotatable bonds is 5. The lowest BCUT2D eigenvalue weighted by molar-refractivity contribution is -0.111. The van der Waals surface area contributed by atoms with Gasteiger partial charge in [0, 0.05) is 35.6 Å². The number of amides is 2. The third kappa shape index (κ3) is 4.17. The van der Waals surface area contributed by atoms with Gasteiger partial charge < -0.3 is 10.6 Å². The SMILES string of the molecule is CNC(=O)c1cccc(NC(=O)/C=C/c2c(C)nn(-c3ccccc3)c2C)c1. The van der Waals surface area contributed by atoms with Crippen molar-refractivity contribution in [3.8, 4) is 5.69 Å². The maximum absolute atomic E-state index is 12.3. The van der Waals surface area contributed by atoms with Crippen molar-refractivity contribution in [2.45, 2.75) is 13.8 Å². The Morgan fingerprint density at radius 1 is 1.04 bits per heavy atom. The molecule has 0 aliphatic carbocycles. The van der Waals surface area contributed by atoms with Crippen LogP contribution in [0.1, 0.15) is 27.3 Å². The minimum Gasteiger partial charge on any atom is -0.355 e. The predicted octanol–water partition coefficient (Wildman–Crippen LogP) is 3.50. The summed E-state index contributed by atoms with van der Waals surface area (Å²) in [5.41, 5.74) is 4.71. The number of aryl methyl sites for hydroxylation is 1. The van der Waals surface area contributed by atoms with Crippen molar-refractivity contribution in [3.63, 3.8) is 0 Å². The number of aromatic nitrogens is 2. The molecule has 2 N–H and O–H groups in total. The van der Waals surface area contributed by atoms with E-state index in [-0.39, 0.29) is 11.8 Å². The molecule has 0 radical (unpaired) electrons. The highest BCUT2D eigenvalue weighted by molar-refractivity contribution is 6.03. The molecule has 1 heterocycles. The van der Waals surface area contributed by atoms with Gasteiger partial charge in [0.05, 0.1) is 11.4 Å². The quantitative estimate of drug-likeness (QED) is 0.671. The molecule has 0 unspecified atom stereocenters. The topological polar surface area (TPSA) is 76.0 Å². The van der Waals surface area contributed by atoms with Crippen LogP contribution in [0.15, 0.2) is 60.7 Å². The Labute approximate surface area is 163 Å². The molecule has 0 spiro atoms. The molecule has 0 bridgehead atoms. The van der Waals surface area contributed by atoms with Gasteiger partial charge in [0.15, 0.2) is 0 Å². The highest BCUT2D eigenvalue weighted by Crippen LogP contribution is 2.19. The van der Waals surface area contributed by atoms with Gasteiger partial charge >= 0.3 is 0 Å². The molecule has 6 nitrogen and oxygen atoms in total. The fourth-order valence-electron chi connectivity index (χ4n) is 2.94. The predicted molar refractivity (Wildman–Crippen MR) is 111 cm³/mol. The smallest absolute Gasteiger partial charge is 0.251 e. The third-order valence-corrected chi connectivity index (χ3v) is 4.37. The van der Waals surface area contributed by atoms with Crippen molar-refractivity contribution in [3.05, 3.63) is 83.2 Å². The Balaban J connectivity index is 1.76. The van der Waals surface area contributed by atoms with E-state index in [1.54, 1.807) is 37.4 Å². The number of anilines is 1. The number of nitrogens with one attached hydrogen (secondary N) is 2. The molecule has 0 saturated carbocycles. The summed E-state index contributed by atoms with van der Waals surface area (Å²) in [5.74, 6) is -0.480. The average molecular weight is 374 g/mol. The molecular formula is C22H22N4O2. The number of hydrogen-bond acceptors (Lipinski definition) is 3. The van der Waals surface area contributed by atoms with Crippen molar-refractivity contribution in [2.75, 3.05) is 12.4 Å². The summed E-state index contributed by atoms with van der Waals surface area (Å²) in [6, 6.07) is 16.6. The molecule has 6 heteroatoms. The lowest BCUT2D eigenvalue weighted by Gasteiger charge is -2.05. The minimum absolute atomic E-state index is 0.203. The van der Waals surface area contributed by atoms with Crippen molar-refractivity contribution < 1.29 is 9.59 Å². The summed E-state index contributed by atoms with van der Waals surface area (Å²) < 4.78 is 1.86. The second-order valence-corrected chi connectivity index (χ2v) is 6.31. The largest absolute Gasteiger partial charge is 0.355 e. The van der Waals surface area contributed by atoms with Crippen LogP contribution in [-0.2, 0) is 4.79 Å². The van der Waals surface area contributed by atoms with Gasteiger partial charge in [0.25, 0.3) is 5.91 Å². The summed E-state index contributed by atoms with van der Waals surface area (Å²) in [6.45, 7) is 3.88. The average Bonchev–Trinajstić information content (AvgIpc) is 3.00. The molecule has 0 aliphatic rings. The molecular weight excluding hydrogens is 352 g/mol. The summed E-state index contributed by atoms with van der Waals surface area (Å²) in [7, 11) is 1.57. The summed E-state index contributed by atoms with van der Waals surface area (Å²) >= 11 is 0. The molecule has 28 heavy (non-hydrogen) atoms. The van der Waals surface area contributed by atoms with Gasteiger partial charge in [0.1, 0.15) is 0 Å². The van der Waals surface area contributed by atoms with E-state index in [4.69, 9.17) is 0 Å². The number of carbonyl (C=O) groups excluding carboxylic acids is 2. The van der Waals surface area contributed by atoms with Gasteiger partial charge in [-0.15, -0.1) is 0 Å². The first kappa shape index (κ1) is 19.1. The zero-order chi connectivity index (χ0) is 20.1. The van der Waals surface area contributed by atoms with Crippen LogP contribution < -0.4 is 10.6 Å². The zero-order valence-electron chi connectivity index (χ0n) is 16.1. The van der Waals surface area contributed by atoms with Crippen molar-refractivity contribution in [1.82, 2.24) is 15.1 Å². The molecule has 142 valence electrons. The molecule has 0 atom stereocenters. The van der Waals surface area contributed by atoms with Crippen molar-refractivity contribution in [2.24, 2.45) is 0 Å². The number of hydrogen-bond donors (Lipinski definition) is 2. The van der Waals surface area contributed by atoms with Crippen LogP contribution in [0.4, 0.5) is 5.69 Å². The molecule has 2 amide bonds. The Morgan fingerprint density at radius 3 is 2.50 bits per heavy atom. The minimum atomic E-state index is -0.277. The van der Waals surface area contributed by atoms with Crippen LogP contribution in [-0.4, -0.2) is 28.6 Å². The van der Waals surface area contributed by atoms with Crippen LogP contribution in [0.5, 0.6) is 0 Å². The standard InChI is InChI=1S/C22H22N4O2/c1-15-20(16(2)26(25-15)19-10-5-4-6-11-19)12-13-21(27)24-18-9-7-8-17(14-18)22(28)23-3/h4-14H,1-3H3,(H,23,28)(H,24,27)/b13-12+. The number of para-hydroxylation sites is 1. The maximum Gasteiger partial charge on any atom is 0.251 e. The molecule has 3 aromatic rings. The van der Waals surface area contributed by atoms with Gasteiger partial charge in [-0.05, 0) is 50.3 Å². The molecule has 1 aromatic heterocycles. The van der Waals surface area contributed by atoms with E-state index in [9.17, 15) is 9.59 Å². The number of benzene rings is 2. The van der Waals surface area contributed by atoms with E-state index >= 15 is 0 Å². The monoisotopic (exact) mass is 374 g/mol. The van der Waals surface area contributed by atoms with E-state index in [1.807, 2.05) is 48.9 Å². The molecule has 0 saturated heterocycles. The van der Waals surface area contributed by atoms with E-state index in [0.29, 0.717) is 11.3 Å². The van der Waals surface area contributed by atoms with Crippen LogP contribution in [0.25, 0.3) is 11.8 Å². The number of nitrogens with zero attached hydrogens (tertiary/aromatic N) is 2. The lowest BCUT2D eigenvalue weighted by Crippen LogP contribution is -2.18. The van der Waals surface area contributed by atoms with Gasteiger partial charge in [-0.1, -0.05) is 24.3 Å². The van der Waals surface area contributed by atoms with Crippen LogP contribution >= 0.6 is 0 Å². The summed E-state index contributed by atoms with van der Waals surface area (Å²) in [5, 5.41) is 9.91. The second kappa shape index (κ2) is 8.35. The van der Waals surface area contributed by atoms with E-state index in [1.165, 1.54) is 6.08 Å². The summed E-state index contributed by atoms with van der Waals surface area (Å²) in [6.07, 6.45) is 3.23. The lowest BCUT2D eigenvalue weighted by atomic mass is 10.1. The molecule has 2 aromatic carbocycles. The normalized spacial score (nSPS) is 10.8. The first-order valence-corrected chi connectivity index (χ1v) is 8.92. The molecule has 3 rings (SSSR count). The van der Waals surface area contributed by atoms with Crippen LogP contribution in [0, 0.1) is 13.8 Å². The second-order valence-electron chi connectivity index (χ2n) is 6.31. The highest BCUT2D eigenvalue weighted by Gasteiger charge is 2.11. The first-order chi connectivity index (χ1) is 13.5. The third-order valence-electron chi connectivity index (χ3n) is 4.37. The summed E-state index contributed by atoms with van der Waals surface area (Å²) in [4.78, 5) is 24.0. The zero-order valence-corrected chi connectivity index (χ0v) is 16.1. The Hall–Kier alpha value is -3.67. The first-order valence-electron chi connectivity index (χ1n) is 8.92. The van der Waals surface area contributed by atoms with Gasteiger partial charge in [-0.3, -0.25) is 9.59 Å². The Morgan fingerprint density at radius 2 is 1.79 bits per heavy atom. The van der Waals surface area contributed by atoms with E-state index < -0.39 is 0 Å². The van der Waals surface area contributed by atoms with Gasteiger partial charge in [0.2, 0.25) is 5.91 Å². The molecule has 0 aliphatic heterocycles. The molecule has 0 fully saturated rings.